The molecule has 0 fully saturated rings. The minimum Gasteiger partial charge on any atom is -0.235 e. The third kappa shape index (κ3) is 23.0. The largest absolute Gasteiger partial charge is 0.235 e. The number of nitrogens with two attached hydrogens (primary N) is 1. The standard InChI is InChI=1S/H4N2P2/c1-4(2)3/h3H,(H3,1,2). The quantitative estimate of drug-likeness (QED) is 0.435. The molecule has 2 nitrogen and oxygen atoms in total. The van der Waals surface area contributed by atoms with E-state index < -0.39 is 7.55 Å². The van der Waals surface area contributed by atoms with E-state index in [0.717, 1.165) is 0 Å². The fourth-order valence-electron chi connectivity index (χ4n) is 0. The first-order valence-electron chi connectivity index (χ1n) is 0.705. The maximum Gasteiger partial charge on any atom is 0.109 e. The SMILES string of the molecule is N=[P+](N)[PH-]. The lowest BCUT2D eigenvalue weighted by molar-refractivity contribution is 1.62. The van der Waals surface area contributed by atoms with Gasteiger partial charge in [-0.2, -0.15) is 5.50 Å². The van der Waals surface area contributed by atoms with Gasteiger partial charge in [0, 0.05) is 0 Å². The molecule has 4 heteroatoms. The molecule has 0 aromatic carbocycles. The Bertz CT molecular complexity index is 27.0. The van der Waals surface area contributed by atoms with Gasteiger partial charge in [-0.1, -0.05) is 0 Å². The predicted octanol–water partition coefficient (Wildman–Crippen LogP) is 1.16. The normalized spacial score (nSPS) is 11.0. The topological polar surface area (TPSA) is 49.9 Å². The van der Waals surface area contributed by atoms with Crippen LogP contribution in [0.1, 0.15) is 0 Å². The van der Waals surface area contributed by atoms with Crippen LogP contribution in [0, 0.1) is 5.16 Å². The zero-order chi connectivity index (χ0) is 3.58. The molecule has 0 aliphatic carbocycles. The van der Waals surface area contributed by atoms with E-state index in [0.29, 0.717) is 0 Å². The van der Waals surface area contributed by atoms with Crippen molar-refractivity contribution < 1.29 is 0 Å². The lowest BCUT2D eigenvalue weighted by Crippen LogP contribution is -1.59. The van der Waals surface area contributed by atoms with Crippen LogP contribution in [0.5, 0.6) is 0 Å². The highest BCUT2D eigenvalue weighted by Gasteiger charge is 1.55. The highest BCUT2D eigenvalue weighted by molar-refractivity contribution is 8.05. The van der Waals surface area contributed by atoms with Crippen LogP contribution in [0.4, 0.5) is 0 Å². The van der Waals surface area contributed by atoms with Crippen LogP contribution in [-0.4, -0.2) is 0 Å². The molecule has 0 spiro atoms. The van der Waals surface area contributed by atoms with Crippen molar-refractivity contribution in [1.29, 1.82) is 5.16 Å². The van der Waals surface area contributed by atoms with Gasteiger partial charge in [0.25, 0.3) is 0 Å². The molecule has 0 rings (SSSR count). The Kier molecular flexibility index (Phi) is 1.99. The van der Waals surface area contributed by atoms with Gasteiger partial charge in [0.15, 0.2) is 0 Å². The molecular formula is H4N2P2. The van der Waals surface area contributed by atoms with Crippen LogP contribution in [0.2, 0.25) is 0 Å². The van der Waals surface area contributed by atoms with Crippen molar-refractivity contribution in [2.24, 2.45) is 5.50 Å². The number of hydrogen-bond acceptors (Lipinski definition) is 1. The Morgan fingerprint density at radius 2 is 2.00 bits per heavy atom. The fraction of sp³-hybridized carbons (Fsp3) is 0. The maximum absolute atomic E-state index is 6.34. The molecule has 0 aliphatic rings. The van der Waals surface area contributed by atoms with Crippen LogP contribution in [0.3, 0.4) is 0 Å². The predicted molar refractivity (Wildman–Crippen MR) is 22.1 cm³/mol. The minimum atomic E-state index is -1.06. The number of nitrogens with one attached hydrogen (secondary N) is 1. The van der Waals surface area contributed by atoms with E-state index in [-0.39, 0.29) is 0 Å². The highest BCUT2D eigenvalue weighted by atomic mass is 32.0. The van der Waals surface area contributed by atoms with Gasteiger partial charge < -0.3 is 0 Å². The number of hydrogen-bond donors (Lipinski definition) is 2. The molecule has 3 N–H and O–H groups in total. The van der Waals surface area contributed by atoms with Gasteiger partial charge in [0.2, 0.25) is 0 Å². The molecule has 4 heavy (non-hydrogen) atoms. The van der Waals surface area contributed by atoms with Gasteiger partial charge in [0.1, 0.15) is 7.55 Å². The summed E-state index contributed by atoms with van der Waals surface area (Å²) >= 11 is 0. The van der Waals surface area contributed by atoms with Crippen molar-refractivity contribution in [3.8, 4) is 0 Å². The third-order valence-corrected chi connectivity index (χ3v) is 0. The molecule has 0 bridgehead atoms. The Morgan fingerprint density at radius 3 is 2.00 bits per heavy atom. The summed E-state index contributed by atoms with van der Waals surface area (Å²) in [5.41, 5.74) is 4.76. The van der Waals surface area contributed by atoms with Gasteiger partial charge in [-0.15, -0.1) is 5.16 Å². The summed E-state index contributed by atoms with van der Waals surface area (Å²) in [6.45, 7) is 0. The van der Waals surface area contributed by atoms with E-state index in [1.165, 1.54) is 0 Å². The summed E-state index contributed by atoms with van der Waals surface area (Å²) in [4.78, 5) is 0. The summed E-state index contributed by atoms with van der Waals surface area (Å²) in [5.74, 6) is 0. The van der Waals surface area contributed by atoms with E-state index in [1.807, 2.05) is 0 Å². The molecule has 0 radical (unpaired) electrons. The summed E-state index contributed by atoms with van der Waals surface area (Å²) in [5, 5.41) is 6.34. The summed E-state index contributed by atoms with van der Waals surface area (Å²) in [6.07, 6.45) is 0. The molecule has 0 amide bonds. The Balaban J connectivity index is 2.80. The smallest absolute Gasteiger partial charge is 0.109 e. The molecule has 0 heterocycles. The average molecular weight is 94.0 g/mol. The van der Waals surface area contributed by atoms with Crippen LogP contribution >= 0.6 is 16.5 Å². The first-order chi connectivity index (χ1) is 1.73. The molecule has 0 saturated carbocycles. The summed E-state index contributed by atoms with van der Waals surface area (Å²) in [7, 11) is 1.76. The van der Waals surface area contributed by atoms with Gasteiger partial charge >= 0.3 is 0 Å². The van der Waals surface area contributed by atoms with Crippen LogP contribution in [0.25, 0.3) is 0 Å². The summed E-state index contributed by atoms with van der Waals surface area (Å²) < 4.78 is 0. The molecule has 24 valence electrons. The average Bonchev–Trinajstić information content (AvgIpc) is 0.811. The third-order valence-electron chi connectivity index (χ3n) is 0. The van der Waals surface area contributed by atoms with Crippen molar-refractivity contribution in [1.82, 2.24) is 0 Å². The van der Waals surface area contributed by atoms with Gasteiger partial charge in [-0.25, -0.2) is 8.93 Å². The first-order valence-corrected chi connectivity index (χ1v) is 3.46. The van der Waals surface area contributed by atoms with Gasteiger partial charge in [0.05, 0.1) is 0 Å². The van der Waals surface area contributed by atoms with Crippen molar-refractivity contribution in [3.05, 3.63) is 0 Å². The van der Waals surface area contributed by atoms with E-state index in [2.05, 4.69) is 8.93 Å². The van der Waals surface area contributed by atoms with Crippen molar-refractivity contribution in [3.63, 3.8) is 0 Å². The first kappa shape index (κ1) is 4.49. The number of rotatable bonds is 0. The lowest BCUT2D eigenvalue weighted by Gasteiger charge is -1.63. The van der Waals surface area contributed by atoms with Crippen molar-refractivity contribution in [2.75, 3.05) is 0 Å². The van der Waals surface area contributed by atoms with Crippen molar-refractivity contribution >= 4 is 16.5 Å². The van der Waals surface area contributed by atoms with Gasteiger partial charge in [-0.3, -0.25) is 0 Å². The second-order valence-corrected chi connectivity index (χ2v) is 2.56. The Labute approximate surface area is 28.2 Å². The fourth-order valence-corrected chi connectivity index (χ4v) is 0. The molecule has 0 aromatic heterocycles. The highest BCUT2D eigenvalue weighted by Crippen LogP contribution is 2.18. The van der Waals surface area contributed by atoms with E-state index in [4.69, 9.17) is 10.7 Å². The summed E-state index contributed by atoms with van der Waals surface area (Å²) in [6, 6.07) is 0. The Morgan fingerprint density at radius 1 is 2.00 bits per heavy atom. The zero-order valence-electron chi connectivity index (χ0n) is 2.02. The van der Waals surface area contributed by atoms with E-state index in [1.54, 1.807) is 0 Å². The molecule has 1 unspecified atom stereocenters. The Hall–Kier alpha value is 0.490. The van der Waals surface area contributed by atoms with E-state index in [9.17, 15) is 0 Å². The monoisotopic (exact) mass is 94.0 g/mol. The maximum atomic E-state index is 6.34. The second kappa shape index (κ2) is 1.78. The molecule has 0 aliphatic heterocycles. The van der Waals surface area contributed by atoms with E-state index >= 15 is 0 Å². The minimum absolute atomic E-state index is 1.06. The molecule has 1 atom stereocenters. The lowest BCUT2D eigenvalue weighted by atomic mass is 13.9. The zero-order valence-corrected chi connectivity index (χ0v) is 3.92. The molecule has 0 aromatic rings. The van der Waals surface area contributed by atoms with Crippen LogP contribution < -0.4 is 5.50 Å². The molecule has 0 saturated heterocycles. The van der Waals surface area contributed by atoms with Crippen molar-refractivity contribution in [2.45, 2.75) is 0 Å². The van der Waals surface area contributed by atoms with Crippen LogP contribution in [0.15, 0.2) is 0 Å². The second-order valence-electron chi connectivity index (χ2n) is 0.370. The van der Waals surface area contributed by atoms with Gasteiger partial charge in [-0.05, 0) is 0 Å². The molecular weight excluding hydrogens is 90.0 g/mol. The van der Waals surface area contributed by atoms with Crippen LogP contribution in [-0.2, 0) is 0 Å².